The number of amides is 5. The third-order valence-corrected chi connectivity index (χ3v) is 5.71. The molecule has 2 saturated heterocycles. The molecule has 0 bridgehead atoms. The molecule has 2 atom stereocenters. The van der Waals surface area contributed by atoms with Crippen LogP contribution in [0, 0.1) is 5.41 Å². The number of fused-ring (bicyclic) bond motifs is 4. The summed E-state index contributed by atoms with van der Waals surface area (Å²) in [5.74, 6) is -1.31. The Labute approximate surface area is 156 Å². The van der Waals surface area contributed by atoms with Gasteiger partial charge in [-0.1, -0.05) is 0 Å². The lowest BCUT2D eigenvalue weighted by atomic mass is 9.68. The third kappa shape index (κ3) is 2.66. The van der Waals surface area contributed by atoms with E-state index in [4.69, 9.17) is 0 Å². The zero-order valence-electron chi connectivity index (χ0n) is 15.2. The highest BCUT2D eigenvalue weighted by Crippen LogP contribution is 2.43. The number of hydrogen-bond donors (Lipinski definition) is 4. The van der Waals surface area contributed by atoms with Crippen molar-refractivity contribution in [2.45, 2.75) is 19.4 Å². The van der Waals surface area contributed by atoms with Gasteiger partial charge in [-0.3, -0.25) is 25.0 Å². The molecule has 5 amide bonds. The summed E-state index contributed by atoms with van der Waals surface area (Å²) < 4.78 is 0. The minimum atomic E-state index is -1.38. The van der Waals surface area contributed by atoms with Crippen molar-refractivity contribution in [1.82, 2.24) is 10.6 Å². The molecular weight excluding hydrogens is 350 g/mol. The number of carbonyl (C=O) groups is 4. The van der Waals surface area contributed by atoms with E-state index < -0.39 is 23.3 Å². The van der Waals surface area contributed by atoms with Gasteiger partial charge < -0.3 is 15.1 Å². The normalized spacial score (nSPS) is 26.0. The van der Waals surface area contributed by atoms with Gasteiger partial charge in [-0.2, -0.15) is 0 Å². The number of urea groups is 1. The Morgan fingerprint density at radius 1 is 1.26 bits per heavy atom. The highest BCUT2D eigenvalue weighted by atomic mass is 16.2. The van der Waals surface area contributed by atoms with Gasteiger partial charge in [0.25, 0.3) is 0 Å². The summed E-state index contributed by atoms with van der Waals surface area (Å²) in [4.78, 5) is 52.2. The average molecular weight is 372 g/mol. The van der Waals surface area contributed by atoms with Gasteiger partial charge in [0.2, 0.25) is 17.7 Å². The van der Waals surface area contributed by atoms with Gasteiger partial charge in [0, 0.05) is 24.7 Å². The number of barbiturate groups is 1. The number of carbonyl (C=O) groups excluding carboxylic acids is 4. The van der Waals surface area contributed by atoms with Crippen LogP contribution in [0.4, 0.5) is 16.2 Å². The largest absolute Gasteiger partial charge is 0.355 e. The lowest BCUT2D eigenvalue weighted by Gasteiger charge is -2.52. The van der Waals surface area contributed by atoms with Crippen LogP contribution >= 0.6 is 0 Å². The quantitative estimate of drug-likeness (QED) is 0.437. The number of nitrogens with zero attached hydrogens (tertiary/aromatic N) is 1. The molecule has 27 heavy (non-hydrogen) atoms. The zero-order valence-corrected chi connectivity index (χ0v) is 15.2. The summed E-state index contributed by atoms with van der Waals surface area (Å²) >= 11 is 0. The maximum absolute atomic E-state index is 12.9. The summed E-state index contributed by atoms with van der Waals surface area (Å²) in [5.41, 5.74) is 1.00. The van der Waals surface area contributed by atoms with E-state index in [-0.39, 0.29) is 18.4 Å². The van der Waals surface area contributed by atoms with Gasteiger partial charge in [0.1, 0.15) is 6.04 Å². The van der Waals surface area contributed by atoms with Crippen LogP contribution in [0.3, 0.4) is 0 Å². The number of piperazine rings is 1. The first kappa shape index (κ1) is 17.5. The Kier molecular flexibility index (Phi) is 3.92. The first-order chi connectivity index (χ1) is 12.8. The van der Waals surface area contributed by atoms with Crippen LogP contribution in [0.1, 0.15) is 12.5 Å². The van der Waals surface area contributed by atoms with E-state index in [1.165, 1.54) is 11.8 Å². The van der Waals surface area contributed by atoms with Crippen molar-refractivity contribution in [1.29, 1.82) is 0 Å². The minimum absolute atomic E-state index is 0.176. The molecular formula is C18H22N5O4+. The predicted molar refractivity (Wildman–Crippen MR) is 96.3 cm³/mol. The summed E-state index contributed by atoms with van der Waals surface area (Å²) in [6.07, 6.45) is 0.176. The van der Waals surface area contributed by atoms with Gasteiger partial charge in [-0.25, -0.2) is 4.79 Å². The Bertz CT molecular complexity index is 847. The van der Waals surface area contributed by atoms with E-state index in [9.17, 15) is 19.2 Å². The van der Waals surface area contributed by atoms with Crippen LogP contribution in [0.2, 0.25) is 0 Å². The van der Waals surface area contributed by atoms with E-state index in [1.807, 2.05) is 19.2 Å². The summed E-state index contributed by atoms with van der Waals surface area (Å²) in [7, 11) is 2.03. The third-order valence-electron chi connectivity index (χ3n) is 5.71. The van der Waals surface area contributed by atoms with Crippen molar-refractivity contribution >= 4 is 35.1 Å². The Balaban J connectivity index is 1.83. The molecule has 2 fully saturated rings. The SMILES string of the molecule is CC(=O)Nc1ccc2c(c1)CC1(C(=O)NC(=O)NC1=O)[C@@H]1C[NH+](C)CCN21. The number of imide groups is 2. The van der Waals surface area contributed by atoms with Gasteiger partial charge in [0.15, 0.2) is 5.41 Å². The molecule has 4 N–H and O–H groups in total. The monoisotopic (exact) mass is 372 g/mol. The van der Waals surface area contributed by atoms with Crippen molar-refractivity contribution in [3.05, 3.63) is 23.8 Å². The molecule has 3 aliphatic rings. The number of hydrogen-bond acceptors (Lipinski definition) is 5. The molecule has 1 spiro atoms. The molecule has 9 nitrogen and oxygen atoms in total. The average Bonchev–Trinajstić information content (AvgIpc) is 2.58. The van der Waals surface area contributed by atoms with E-state index in [1.54, 1.807) is 6.07 Å². The smallest absolute Gasteiger partial charge is 0.328 e. The number of benzene rings is 1. The molecule has 3 aliphatic heterocycles. The van der Waals surface area contributed by atoms with Crippen LogP contribution in [0.5, 0.6) is 0 Å². The molecule has 9 heteroatoms. The molecule has 1 aromatic carbocycles. The number of quaternary nitrogens is 1. The van der Waals surface area contributed by atoms with Crippen molar-refractivity contribution < 1.29 is 24.1 Å². The highest BCUT2D eigenvalue weighted by molar-refractivity contribution is 6.20. The number of nitrogens with one attached hydrogen (secondary N) is 4. The molecule has 4 rings (SSSR count). The second kappa shape index (κ2) is 6.05. The standard InChI is InChI=1S/C18H21N5O4/c1-10(24)19-12-3-4-13-11(7-12)8-18(14-9-22(2)5-6-23(13)14)15(25)20-17(27)21-16(18)26/h3-4,7,14H,5-6,8-9H2,1-2H3,(H,19,24)(H2,20,21,25,26,27)/p+1/t14-/m0/s1. The fourth-order valence-corrected chi connectivity index (χ4v) is 4.47. The molecule has 142 valence electrons. The van der Waals surface area contributed by atoms with Crippen molar-refractivity contribution in [2.75, 3.05) is 36.9 Å². The Morgan fingerprint density at radius 3 is 2.63 bits per heavy atom. The molecule has 0 aromatic heterocycles. The predicted octanol–water partition coefficient (Wildman–Crippen LogP) is -1.74. The number of rotatable bonds is 1. The summed E-state index contributed by atoms with van der Waals surface area (Å²) in [5, 5.41) is 7.30. The lowest BCUT2D eigenvalue weighted by Crippen LogP contribution is -3.14. The minimum Gasteiger partial charge on any atom is -0.355 e. The molecule has 0 saturated carbocycles. The lowest BCUT2D eigenvalue weighted by molar-refractivity contribution is -0.883. The second-order valence-corrected chi connectivity index (χ2v) is 7.53. The van der Waals surface area contributed by atoms with Crippen LogP contribution in [-0.2, 0) is 20.8 Å². The summed E-state index contributed by atoms with van der Waals surface area (Å²) in [6, 6.07) is 4.42. The van der Waals surface area contributed by atoms with E-state index in [2.05, 4.69) is 20.9 Å². The highest BCUT2D eigenvalue weighted by Gasteiger charge is 2.61. The molecule has 1 aromatic rings. The topological polar surface area (TPSA) is 112 Å². The Morgan fingerprint density at radius 2 is 1.96 bits per heavy atom. The van der Waals surface area contributed by atoms with Crippen molar-refractivity contribution in [2.24, 2.45) is 5.41 Å². The fourth-order valence-electron chi connectivity index (χ4n) is 4.47. The number of likely N-dealkylation sites (N-methyl/N-ethyl adjacent to an activating group) is 1. The van der Waals surface area contributed by atoms with Crippen LogP contribution in [0.25, 0.3) is 0 Å². The second-order valence-electron chi connectivity index (χ2n) is 7.53. The molecule has 0 radical (unpaired) electrons. The molecule has 0 aliphatic carbocycles. The molecule has 3 heterocycles. The van der Waals surface area contributed by atoms with Crippen LogP contribution < -0.4 is 25.8 Å². The first-order valence-electron chi connectivity index (χ1n) is 8.96. The van der Waals surface area contributed by atoms with Crippen LogP contribution in [0.15, 0.2) is 18.2 Å². The maximum Gasteiger partial charge on any atom is 0.328 e. The van der Waals surface area contributed by atoms with Gasteiger partial charge in [-0.05, 0) is 23.8 Å². The zero-order chi connectivity index (χ0) is 19.3. The van der Waals surface area contributed by atoms with Crippen molar-refractivity contribution in [3.8, 4) is 0 Å². The first-order valence-corrected chi connectivity index (χ1v) is 8.96. The molecule has 1 unspecified atom stereocenters. The fraction of sp³-hybridized carbons (Fsp3) is 0.444. The van der Waals surface area contributed by atoms with E-state index in [0.29, 0.717) is 18.8 Å². The maximum atomic E-state index is 12.9. The van der Waals surface area contributed by atoms with Crippen molar-refractivity contribution in [3.63, 3.8) is 0 Å². The van der Waals surface area contributed by atoms with Gasteiger partial charge >= 0.3 is 6.03 Å². The Hall–Kier alpha value is -2.94. The van der Waals surface area contributed by atoms with Crippen LogP contribution in [-0.4, -0.2) is 56.5 Å². The van der Waals surface area contributed by atoms with Gasteiger partial charge in [-0.15, -0.1) is 0 Å². The van der Waals surface area contributed by atoms with E-state index in [0.717, 1.165) is 17.8 Å². The van der Waals surface area contributed by atoms with Gasteiger partial charge in [0.05, 0.1) is 26.7 Å². The number of anilines is 2. The van der Waals surface area contributed by atoms with E-state index >= 15 is 0 Å². The summed E-state index contributed by atoms with van der Waals surface area (Å²) in [6.45, 7) is 3.61.